The van der Waals surface area contributed by atoms with Gasteiger partial charge >= 0.3 is 0 Å². The highest BCUT2D eigenvalue weighted by Crippen LogP contribution is 2.39. The number of carbonyl (C=O) groups excluding carboxylic acids is 1. The van der Waals surface area contributed by atoms with Crippen molar-refractivity contribution in [1.29, 1.82) is 0 Å². The Morgan fingerprint density at radius 1 is 0.792 bits per heavy atom. The van der Waals surface area contributed by atoms with Crippen molar-refractivity contribution in [3.63, 3.8) is 0 Å². The molecule has 0 radical (unpaired) electrons. The van der Waals surface area contributed by atoms with Gasteiger partial charge in [-0.2, -0.15) is 0 Å². The van der Waals surface area contributed by atoms with Crippen LogP contribution in [0.1, 0.15) is 47.1 Å². The van der Waals surface area contributed by atoms with Crippen molar-refractivity contribution < 1.29 is 13.6 Å². The first-order valence-corrected chi connectivity index (χ1v) is 8.05. The maximum Gasteiger partial charge on any atom is 0.186 e. The van der Waals surface area contributed by atoms with Crippen molar-refractivity contribution in [2.75, 3.05) is 0 Å². The number of carbonyl (C=O) groups is 1. The Labute approximate surface area is 142 Å². The number of hydrogen-bond donors (Lipinski definition) is 0. The predicted molar refractivity (Wildman–Crippen MR) is 94.4 cm³/mol. The smallest absolute Gasteiger partial charge is 0.186 e. The van der Waals surface area contributed by atoms with E-state index in [9.17, 15) is 13.6 Å². The van der Waals surface area contributed by atoms with E-state index in [1.165, 1.54) is 12.1 Å². The maximum atomic E-state index is 13.4. The normalized spacial score (nSPS) is 16.0. The second-order valence-electron chi connectivity index (χ2n) is 8.29. The Balaban J connectivity index is 2.61. The van der Waals surface area contributed by atoms with E-state index in [-0.39, 0.29) is 16.6 Å². The minimum atomic E-state index is -0.617. The van der Waals surface area contributed by atoms with Crippen LogP contribution in [0.5, 0.6) is 0 Å². The van der Waals surface area contributed by atoms with Crippen LogP contribution in [0.25, 0.3) is 6.08 Å². The van der Waals surface area contributed by atoms with Crippen molar-refractivity contribution in [3.05, 3.63) is 64.3 Å². The summed E-state index contributed by atoms with van der Waals surface area (Å²) in [6, 6.07) is 3.41. The average Bonchev–Trinajstić information content (AvgIpc) is 2.36. The molecule has 1 aromatic rings. The van der Waals surface area contributed by atoms with E-state index in [1.807, 2.05) is 53.7 Å². The van der Waals surface area contributed by atoms with Crippen LogP contribution < -0.4 is 0 Å². The number of ketones is 1. The molecule has 1 aliphatic carbocycles. The number of Topliss-reactive ketones (excluding diaryl/α,β-unsaturated/α-hetero) is 1. The molecule has 0 saturated heterocycles. The molecule has 1 nitrogen and oxygen atoms in total. The molecule has 1 aliphatic rings. The van der Waals surface area contributed by atoms with E-state index in [4.69, 9.17) is 0 Å². The molecule has 0 aromatic heterocycles. The fourth-order valence-electron chi connectivity index (χ4n) is 2.70. The van der Waals surface area contributed by atoms with Crippen LogP contribution >= 0.6 is 0 Å². The van der Waals surface area contributed by atoms with Crippen LogP contribution in [0.3, 0.4) is 0 Å². The molecule has 128 valence electrons. The van der Waals surface area contributed by atoms with Gasteiger partial charge in [0.1, 0.15) is 11.6 Å². The molecule has 1 aromatic carbocycles. The first-order valence-electron chi connectivity index (χ1n) is 8.05. The van der Waals surface area contributed by atoms with Crippen LogP contribution in [0.4, 0.5) is 8.78 Å². The highest BCUT2D eigenvalue weighted by molar-refractivity contribution is 6.12. The lowest BCUT2D eigenvalue weighted by Crippen LogP contribution is -2.27. The minimum absolute atomic E-state index is 0.0394. The molecule has 3 heteroatoms. The zero-order chi connectivity index (χ0) is 18.3. The van der Waals surface area contributed by atoms with Gasteiger partial charge in [0.25, 0.3) is 0 Å². The largest absolute Gasteiger partial charge is 0.289 e. The third kappa shape index (κ3) is 4.08. The van der Waals surface area contributed by atoms with Crippen LogP contribution in [-0.2, 0) is 4.79 Å². The highest BCUT2D eigenvalue weighted by Gasteiger charge is 2.33. The van der Waals surface area contributed by atoms with E-state index < -0.39 is 11.6 Å². The molecule has 24 heavy (non-hydrogen) atoms. The fraction of sp³-hybridized carbons (Fsp3) is 0.381. The Hall–Kier alpha value is -2.03. The standard InChI is InChI=1S/C21H24F2O/c1-20(2,3)17-10-14(11-18(19(17)24)21(4,5)6)7-13-8-15(22)12-16(23)9-13/h7-12H,1-6H3. The summed E-state index contributed by atoms with van der Waals surface area (Å²) >= 11 is 0. The van der Waals surface area contributed by atoms with Gasteiger partial charge in [0.2, 0.25) is 0 Å². The van der Waals surface area contributed by atoms with Gasteiger partial charge < -0.3 is 0 Å². The number of rotatable bonds is 1. The summed E-state index contributed by atoms with van der Waals surface area (Å²) in [5, 5.41) is 0. The van der Waals surface area contributed by atoms with Gasteiger partial charge in [-0.3, -0.25) is 4.79 Å². The Kier molecular flexibility index (Phi) is 4.67. The topological polar surface area (TPSA) is 17.1 Å². The predicted octanol–water partition coefficient (Wildman–Crippen LogP) is 5.88. The molecular weight excluding hydrogens is 306 g/mol. The lowest BCUT2D eigenvalue weighted by atomic mass is 9.72. The van der Waals surface area contributed by atoms with Crippen molar-refractivity contribution in [1.82, 2.24) is 0 Å². The molecule has 0 aliphatic heterocycles. The van der Waals surface area contributed by atoms with Crippen molar-refractivity contribution in [2.45, 2.75) is 41.5 Å². The van der Waals surface area contributed by atoms with Gasteiger partial charge in [0.15, 0.2) is 5.78 Å². The summed E-state index contributed by atoms with van der Waals surface area (Å²) in [4.78, 5) is 12.8. The Morgan fingerprint density at radius 3 is 1.58 bits per heavy atom. The molecule has 0 bridgehead atoms. The van der Waals surface area contributed by atoms with Crippen LogP contribution in [0.15, 0.2) is 47.1 Å². The zero-order valence-electron chi connectivity index (χ0n) is 15.1. The number of benzene rings is 1. The van der Waals surface area contributed by atoms with E-state index in [0.717, 1.165) is 11.6 Å². The molecule has 0 heterocycles. The monoisotopic (exact) mass is 330 g/mol. The number of allylic oxidation sites excluding steroid dienone is 5. The lowest BCUT2D eigenvalue weighted by Gasteiger charge is -2.31. The van der Waals surface area contributed by atoms with Gasteiger partial charge in [-0.25, -0.2) is 8.78 Å². The zero-order valence-corrected chi connectivity index (χ0v) is 15.1. The van der Waals surface area contributed by atoms with Crippen LogP contribution in [0, 0.1) is 22.5 Å². The molecule has 0 saturated carbocycles. The number of halogens is 2. The van der Waals surface area contributed by atoms with Gasteiger partial charge in [-0.1, -0.05) is 41.5 Å². The van der Waals surface area contributed by atoms with Gasteiger partial charge in [0.05, 0.1) is 0 Å². The molecule has 2 rings (SSSR count). The van der Waals surface area contributed by atoms with Crippen LogP contribution in [0.2, 0.25) is 0 Å². The molecule has 0 N–H and O–H groups in total. The number of hydrogen-bond acceptors (Lipinski definition) is 1. The summed E-state index contributed by atoms with van der Waals surface area (Å²) in [5.74, 6) is -1.19. The summed E-state index contributed by atoms with van der Waals surface area (Å²) in [6.07, 6.45) is 5.34. The fourth-order valence-corrected chi connectivity index (χ4v) is 2.70. The molecule has 0 unspecified atom stereocenters. The maximum absolute atomic E-state index is 13.4. The second-order valence-corrected chi connectivity index (χ2v) is 8.29. The van der Waals surface area contributed by atoms with Crippen molar-refractivity contribution in [3.8, 4) is 0 Å². The Bertz CT molecular complexity index is 710. The third-order valence-electron chi connectivity index (χ3n) is 3.95. The van der Waals surface area contributed by atoms with E-state index in [0.29, 0.717) is 16.7 Å². The quantitative estimate of drug-likeness (QED) is 0.629. The summed E-state index contributed by atoms with van der Waals surface area (Å²) < 4.78 is 26.8. The van der Waals surface area contributed by atoms with Crippen molar-refractivity contribution >= 4 is 11.9 Å². The van der Waals surface area contributed by atoms with E-state index >= 15 is 0 Å². The Morgan fingerprint density at radius 2 is 1.21 bits per heavy atom. The third-order valence-corrected chi connectivity index (χ3v) is 3.95. The minimum Gasteiger partial charge on any atom is -0.289 e. The lowest BCUT2D eigenvalue weighted by molar-refractivity contribution is -0.114. The summed E-state index contributed by atoms with van der Waals surface area (Å²) in [6.45, 7) is 11.9. The van der Waals surface area contributed by atoms with E-state index in [1.54, 1.807) is 6.08 Å². The van der Waals surface area contributed by atoms with E-state index in [2.05, 4.69) is 0 Å². The summed E-state index contributed by atoms with van der Waals surface area (Å²) in [7, 11) is 0. The molecular formula is C21H24F2O. The first-order chi connectivity index (χ1) is 10.9. The SMILES string of the molecule is CC(C)(C)C1=CC(=Cc2cc(F)cc(F)c2)C=C(C(C)(C)C)C1=O. The van der Waals surface area contributed by atoms with Crippen LogP contribution in [-0.4, -0.2) is 5.78 Å². The molecule has 0 spiro atoms. The summed E-state index contributed by atoms with van der Waals surface area (Å²) in [5.41, 5.74) is 2.00. The second kappa shape index (κ2) is 6.12. The van der Waals surface area contributed by atoms with Gasteiger partial charge in [-0.05, 0) is 52.3 Å². The van der Waals surface area contributed by atoms with Crippen molar-refractivity contribution in [2.24, 2.45) is 10.8 Å². The highest BCUT2D eigenvalue weighted by atomic mass is 19.1. The molecule has 0 fully saturated rings. The van der Waals surface area contributed by atoms with Gasteiger partial charge in [0, 0.05) is 17.2 Å². The molecule has 0 amide bonds. The average molecular weight is 330 g/mol. The van der Waals surface area contributed by atoms with Gasteiger partial charge in [-0.15, -0.1) is 0 Å². The first kappa shape index (κ1) is 18.3. The molecule has 0 atom stereocenters.